The number of fused-ring (bicyclic) bond motifs is 1. The highest BCUT2D eigenvalue weighted by Gasteiger charge is 2.32. The Labute approximate surface area is 164 Å². The molecule has 0 unspecified atom stereocenters. The molecule has 3 aromatic heterocycles. The summed E-state index contributed by atoms with van der Waals surface area (Å²) in [6.07, 6.45) is 1.48. The maximum atomic E-state index is 10.7. The Kier molecular flexibility index (Phi) is 4.31. The van der Waals surface area contributed by atoms with Gasteiger partial charge in [-0.1, -0.05) is 35.6 Å². The average Bonchev–Trinajstić information content (AvgIpc) is 3.45. The lowest BCUT2D eigenvalue weighted by molar-refractivity contribution is 0.213. The van der Waals surface area contributed by atoms with E-state index in [9.17, 15) is 5.11 Å². The van der Waals surface area contributed by atoms with Crippen molar-refractivity contribution in [1.29, 1.82) is 0 Å². The first kappa shape index (κ1) is 16.7. The number of hydrogen-bond donors (Lipinski definition) is 1. The summed E-state index contributed by atoms with van der Waals surface area (Å²) >= 11 is 3.25. The molecular weight excluding hydrogens is 378 g/mol. The van der Waals surface area contributed by atoms with E-state index in [1.165, 1.54) is 32.7 Å². The van der Waals surface area contributed by atoms with Crippen LogP contribution in [-0.4, -0.2) is 50.8 Å². The third-order valence-electron chi connectivity index (χ3n) is 5.00. The molecule has 4 heterocycles. The van der Waals surface area contributed by atoms with Crippen LogP contribution in [0.3, 0.4) is 0 Å². The van der Waals surface area contributed by atoms with Crippen LogP contribution in [0.1, 0.15) is 15.8 Å². The molecule has 27 heavy (non-hydrogen) atoms. The molecule has 138 valence electrons. The lowest BCUT2D eigenvalue weighted by atomic mass is 10.1. The van der Waals surface area contributed by atoms with Crippen LogP contribution < -0.4 is 4.90 Å². The second-order valence-electron chi connectivity index (χ2n) is 6.52. The molecule has 1 saturated heterocycles. The minimum absolute atomic E-state index is 0.0384. The normalized spacial score (nSPS) is 16.8. The van der Waals surface area contributed by atoms with Gasteiger partial charge in [0, 0.05) is 36.7 Å². The molecule has 1 aliphatic rings. The third kappa shape index (κ3) is 2.99. The molecule has 5 rings (SSSR count). The molecule has 8 heteroatoms. The molecule has 1 atom stereocenters. The molecular formula is C19H19N5OS2. The topological polar surface area (TPSA) is 56.9 Å². The fraction of sp³-hybridized carbons (Fsp3) is 0.263. The van der Waals surface area contributed by atoms with Gasteiger partial charge < -0.3 is 10.0 Å². The first-order valence-electron chi connectivity index (χ1n) is 8.90. The second kappa shape index (κ2) is 6.95. The van der Waals surface area contributed by atoms with Crippen LogP contribution in [0.15, 0.2) is 54.2 Å². The fourth-order valence-electron chi connectivity index (χ4n) is 3.67. The lowest BCUT2D eigenvalue weighted by Crippen LogP contribution is -2.47. The van der Waals surface area contributed by atoms with Crippen LogP contribution in [-0.2, 0) is 0 Å². The van der Waals surface area contributed by atoms with Gasteiger partial charge in [0.1, 0.15) is 6.33 Å². The lowest BCUT2D eigenvalue weighted by Gasteiger charge is -2.39. The number of aromatic nitrogens is 3. The largest absolute Gasteiger partial charge is 0.492 e. The monoisotopic (exact) mass is 397 g/mol. The van der Waals surface area contributed by atoms with Crippen LogP contribution in [0.4, 0.5) is 5.69 Å². The molecule has 4 aromatic rings. The zero-order chi connectivity index (χ0) is 18.2. The third-order valence-corrected chi connectivity index (χ3v) is 7.01. The van der Waals surface area contributed by atoms with Gasteiger partial charge >= 0.3 is 0 Å². The van der Waals surface area contributed by atoms with Crippen molar-refractivity contribution >= 4 is 33.3 Å². The number of benzene rings is 1. The molecule has 6 nitrogen and oxygen atoms in total. The van der Waals surface area contributed by atoms with Crippen LogP contribution in [0.25, 0.3) is 4.96 Å². The number of para-hydroxylation sites is 1. The molecule has 1 fully saturated rings. The number of aromatic hydroxyl groups is 1. The van der Waals surface area contributed by atoms with Gasteiger partial charge in [0.15, 0.2) is 0 Å². The Bertz CT molecular complexity index is 1020. The van der Waals surface area contributed by atoms with Crippen molar-refractivity contribution in [3.63, 3.8) is 0 Å². The summed E-state index contributed by atoms with van der Waals surface area (Å²) in [7, 11) is 0. The predicted molar refractivity (Wildman–Crippen MR) is 109 cm³/mol. The zero-order valence-corrected chi connectivity index (χ0v) is 16.2. The first-order chi connectivity index (χ1) is 13.3. The quantitative estimate of drug-likeness (QED) is 0.571. The highest BCUT2D eigenvalue weighted by Crippen LogP contribution is 2.41. The minimum atomic E-state index is 0.0384. The van der Waals surface area contributed by atoms with Gasteiger partial charge in [-0.15, -0.1) is 11.3 Å². The predicted octanol–water partition coefficient (Wildman–Crippen LogP) is 3.47. The van der Waals surface area contributed by atoms with Crippen LogP contribution in [0, 0.1) is 0 Å². The summed E-state index contributed by atoms with van der Waals surface area (Å²) < 4.78 is 1.53. The number of thiophene rings is 1. The molecule has 1 N–H and O–H groups in total. The van der Waals surface area contributed by atoms with E-state index < -0.39 is 0 Å². The highest BCUT2D eigenvalue weighted by atomic mass is 32.1. The Balaban J connectivity index is 1.44. The smallest absolute Gasteiger partial charge is 0.230 e. The first-order valence-corrected chi connectivity index (χ1v) is 10.6. The number of anilines is 1. The number of nitrogens with zero attached hydrogens (tertiary/aromatic N) is 5. The maximum Gasteiger partial charge on any atom is 0.230 e. The second-order valence-corrected chi connectivity index (χ2v) is 8.51. The summed E-state index contributed by atoms with van der Waals surface area (Å²) in [6, 6.07) is 14.8. The Morgan fingerprint density at radius 1 is 1.00 bits per heavy atom. The molecule has 0 saturated carbocycles. The number of piperazine rings is 1. The summed E-state index contributed by atoms with van der Waals surface area (Å²) in [4.78, 5) is 12.0. The molecule has 0 amide bonds. The molecule has 1 aromatic carbocycles. The van der Waals surface area contributed by atoms with Crippen molar-refractivity contribution in [2.45, 2.75) is 6.04 Å². The van der Waals surface area contributed by atoms with E-state index in [4.69, 9.17) is 0 Å². The van der Waals surface area contributed by atoms with Crippen molar-refractivity contribution in [2.24, 2.45) is 0 Å². The van der Waals surface area contributed by atoms with Crippen LogP contribution >= 0.6 is 22.7 Å². The van der Waals surface area contributed by atoms with E-state index in [0.29, 0.717) is 0 Å². The Morgan fingerprint density at radius 2 is 1.81 bits per heavy atom. The van der Waals surface area contributed by atoms with Crippen molar-refractivity contribution in [1.82, 2.24) is 19.5 Å². The van der Waals surface area contributed by atoms with E-state index >= 15 is 0 Å². The SMILES string of the molecule is Oc1c([C@H](c2cccs2)N2CCN(c3ccccc3)CC2)sc2ncnn12. The minimum Gasteiger partial charge on any atom is -0.492 e. The summed E-state index contributed by atoms with van der Waals surface area (Å²) in [6.45, 7) is 3.80. The van der Waals surface area contributed by atoms with Gasteiger partial charge in [0.25, 0.3) is 0 Å². The number of hydrogen-bond acceptors (Lipinski definition) is 7. The van der Waals surface area contributed by atoms with Crippen molar-refractivity contribution in [3.8, 4) is 5.88 Å². The summed E-state index contributed by atoms with van der Waals surface area (Å²) in [5.74, 6) is 0.205. The average molecular weight is 398 g/mol. The summed E-state index contributed by atoms with van der Waals surface area (Å²) in [5.41, 5.74) is 1.27. The van der Waals surface area contributed by atoms with Gasteiger partial charge in [0.05, 0.1) is 10.9 Å². The van der Waals surface area contributed by atoms with E-state index in [-0.39, 0.29) is 11.9 Å². The molecule has 0 spiro atoms. The van der Waals surface area contributed by atoms with Crippen LogP contribution in [0.5, 0.6) is 5.88 Å². The Morgan fingerprint density at radius 3 is 2.52 bits per heavy atom. The molecule has 0 radical (unpaired) electrons. The van der Waals surface area contributed by atoms with E-state index in [0.717, 1.165) is 36.0 Å². The van der Waals surface area contributed by atoms with Gasteiger partial charge in [0.2, 0.25) is 10.8 Å². The van der Waals surface area contributed by atoms with E-state index in [2.05, 4.69) is 67.7 Å². The van der Waals surface area contributed by atoms with Crippen molar-refractivity contribution in [3.05, 3.63) is 63.9 Å². The molecule has 0 aliphatic carbocycles. The van der Waals surface area contributed by atoms with Gasteiger partial charge in [-0.3, -0.25) is 4.90 Å². The standard InChI is InChI=1S/C19H19N5OS2/c25-18-17(27-19-20-13-21-24(18)19)16(15-7-4-12-26-15)23-10-8-22(9-11-23)14-5-2-1-3-6-14/h1-7,12-13,16,25H,8-11H2/t16-/m0/s1. The maximum absolute atomic E-state index is 10.7. The van der Waals surface area contributed by atoms with Gasteiger partial charge in [-0.05, 0) is 23.6 Å². The van der Waals surface area contributed by atoms with Gasteiger partial charge in [-0.25, -0.2) is 4.98 Å². The molecule has 0 bridgehead atoms. The van der Waals surface area contributed by atoms with Crippen molar-refractivity contribution < 1.29 is 5.11 Å². The zero-order valence-electron chi connectivity index (χ0n) is 14.6. The van der Waals surface area contributed by atoms with Crippen LogP contribution in [0.2, 0.25) is 0 Å². The number of rotatable bonds is 4. The number of thiazole rings is 1. The highest BCUT2D eigenvalue weighted by molar-refractivity contribution is 7.17. The Hall–Kier alpha value is -2.42. The van der Waals surface area contributed by atoms with E-state index in [1.807, 2.05) is 0 Å². The van der Waals surface area contributed by atoms with E-state index in [1.54, 1.807) is 11.3 Å². The van der Waals surface area contributed by atoms with Gasteiger partial charge in [-0.2, -0.15) is 9.61 Å². The summed E-state index contributed by atoms with van der Waals surface area (Å²) in [5, 5.41) is 17.0. The van der Waals surface area contributed by atoms with Crippen molar-refractivity contribution in [2.75, 3.05) is 31.1 Å². The molecule has 1 aliphatic heterocycles. The fourth-order valence-corrected chi connectivity index (χ4v) is 5.70.